The van der Waals surface area contributed by atoms with Crippen LogP contribution in [0, 0.1) is 0 Å². The van der Waals surface area contributed by atoms with Crippen LogP contribution in [0.1, 0.15) is 12.0 Å². The zero-order valence-corrected chi connectivity index (χ0v) is 16.9. The zero-order chi connectivity index (χ0) is 19.8. The van der Waals surface area contributed by atoms with E-state index in [0.29, 0.717) is 6.42 Å². The number of sulfonamides is 1. The molecular formula is C21H21NO4S2. The maximum Gasteiger partial charge on any atom is 0.243 e. The molecule has 1 aliphatic rings. The highest BCUT2D eigenvalue weighted by atomic mass is 32.2. The molecule has 0 bridgehead atoms. The van der Waals surface area contributed by atoms with Crippen molar-refractivity contribution in [1.29, 1.82) is 0 Å². The van der Waals surface area contributed by atoms with Gasteiger partial charge in [0.2, 0.25) is 10.0 Å². The Morgan fingerprint density at radius 2 is 1.57 bits per heavy atom. The summed E-state index contributed by atoms with van der Waals surface area (Å²) >= 11 is 0. The van der Waals surface area contributed by atoms with Gasteiger partial charge in [-0.1, -0.05) is 60.7 Å². The van der Waals surface area contributed by atoms with Crippen LogP contribution in [0.2, 0.25) is 0 Å². The van der Waals surface area contributed by atoms with Gasteiger partial charge in [0.1, 0.15) is 0 Å². The van der Waals surface area contributed by atoms with Crippen molar-refractivity contribution in [3.63, 3.8) is 0 Å². The van der Waals surface area contributed by atoms with Crippen molar-refractivity contribution in [3.8, 4) is 0 Å². The van der Waals surface area contributed by atoms with Gasteiger partial charge in [0.25, 0.3) is 0 Å². The fourth-order valence-electron chi connectivity index (χ4n) is 3.64. The minimum Gasteiger partial charge on any atom is -0.229 e. The van der Waals surface area contributed by atoms with E-state index in [-0.39, 0.29) is 22.9 Å². The Labute approximate surface area is 165 Å². The van der Waals surface area contributed by atoms with Gasteiger partial charge in [0.05, 0.1) is 16.4 Å². The van der Waals surface area contributed by atoms with Gasteiger partial charge in [-0.3, -0.25) is 0 Å². The number of hydrogen-bond donors (Lipinski definition) is 0. The van der Waals surface area contributed by atoms with Crippen LogP contribution in [-0.4, -0.2) is 38.7 Å². The van der Waals surface area contributed by atoms with Crippen molar-refractivity contribution in [2.45, 2.75) is 23.9 Å². The van der Waals surface area contributed by atoms with E-state index >= 15 is 0 Å². The van der Waals surface area contributed by atoms with Crippen LogP contribution in [0.3, 0.4) is 0 Å². The Morgan fingerprint density at radius 1 is 0.893 bits per heavy atom. The smallest absolute Gasteiger partial charge is 0.229 e. The minimum absolute atomic E-state index is 0.0240. The Hall–Kier alpha value is -2.22. The normalized spacial score (nSPS) is 19.2. The Balaban J connectivity index is 1.76. The molecule has 0 amide bonds. The lowest BCUT2D eigenvalue weighted by atomic mass is 10.1. The van der Waals surface area contributed by atoms with Crippen molar-refractivity contribution < 1.29 is 16.8 Å². The summed E-state index contributed by atoms with van der Waals surface area (Å²) in [5.41, 5.74) is 0.830. The summed E-state index contributed by atoms with van der Waals surface area (Å²) in [6.45, 7) is 0.149. The fourth-order valence-corrected chi connectivity index (χ4v) is 7.14. The lowest BCUT2D eigenvalue weighted by molar-refractivity contribution is 0.334. The summed E-state index contributed by atoms with van der Waals surface area (Å²) in [6.07, 6.45) is 0.321. The molecule has 0 aromatic heterocycles. The van der Waals surface area contributed by atoms with Crippen LogP contribution in [0.4, 0.5) is 0 Å². The predicted molar refractivity (Wildman–Crippen MR) is 110 cm³/mol. The first-order chi connectivity index (χ1) is 13.4. The molecule has 1 fully saturated rings. The molecule has 5 nitrogen and oxygen atoms in total. The minimum atomic E-state index is -3.86. The summed E-state index contributed by atoms with van der Waals surface area (Å²) in [5.74, 6) is -0.108. The van der Waals surface area contributed by atoms with E-state index in [2.05, 4.69) is 0 Å². The van der Waals surface area contributed by atoms with Crippen LogP contribution in [0.15, 0.2) is 77.7 Å². The molecule has 1 saturated heterocycles. The summed E-state index contributed by atoms with van der Waals surface area (Å²) in [7, 11) is -7.07. The lowest BCUT2D eigenvalue weighted by Crippen LogP contribution is -2.40. The summed E-state index contributed by atoms with van der Waals surface area (Å²) in [6, 6.07) is 21.3. The molecule has 0 saturated carbocycles. The molecule has 0 aliphatic carbocycles. The Kier molecular flexibility index (Phi) is 4.99. The highest BCUT2D eigenvalue weighted by molar-refractivity contribution is 7.92. The topological polar surface area (TPSA) is 71.5 Å². The molecule has 1 heterocycles. The maximum atomic E-state index is 13.5. The average molecular weight is 416 g/mol. The van der Waals surface area contributed by atoms with Crippen molar-refractivity contribution >= 4 is 30.6 Å². The van der Waals surface area contributed by atoms with Gasteiger partial charge in [-0.15, -0.1) is 0 Å². The SMILES string of the molecule is O=S1(=O)CC[C@@H](N(Cc2ccccc2)S(=O)(=O)c2ccc3ccccc3c2)C1. The molecule has 0 spiro atoms. The molecule has 146 valence electrons. The first kappa shape index (κ1) is 19.1. The standard InChI is InChI=1S/C21H21NO4S2/c23-27(24)13-12-20(16-27)22(15-17-6-2-1-3-7-17)28(25,26)21-11-10-18-8-4-5-9-19(18)14-21/h1-11,14,20H,12-13,15-16H2/t20-/m1/s1. The largest absolute Gasteiger partial charge is 0.243 e. The third-order valence-electron chi connectivity index (χ3n) is 5.12. The van der Waals surface area contributed by atoms with Crippen LogP contribution in [0.5, 0.6) is 0 Å². The first-order valence-corrected chi connectivity index (χ1v) is 12.4. The second-order valence-electron chi connectivity index (χ2n) is 7.10. The van der Waals surface area contributed by atoms with E-state index in [4.69, 9.17) is 0 Å². The van der Waals surface area contributed by atoms with E-state index in [1.54, 1.807) is 18.2 Å². The molecule has 1 aliphatic heterocycles. The van der Waals surface area contributed by atoms with Crippen LogP contribution >= 0.6 is 0 Å². The van der Waals surface area contributed by atoms with Crippen LogP contribution in [0.25, 0.3) is 10.8 Å². The Bertz CT molecular complexity index is 1210. The van der Waals surface area contributed by atoms with Gasteiger partial charge in [0, 0.05) is 12.6 Å². The third-order valence-corrected chi connectivity index (χ3v) is 8.77. The molecular weight excluding hydrogens is 394 g/mol. The number of fused-ring (bicyclic) bond motifs is 1. The van der Waals surface area contributed by atoms with E-state index in [9.17, 15) is 16.8 Å². The fraction of sp³-hybridized carbons (Fsp3) is 0.238. The molecule has 28 heavy (non-hydrogen) atoms. The molecule has 1 atom stereocenters. The van der Waals surface area contributed by atoms with Crippen LogP contribution in [-0.2, 0) is 26.4 Å². The number of nitrogens with zero attached hydrogens (tertiary/aromatic N) is 1. The van der Waals surface area contributed by atoms with Crippen molar-refractivity contribution in [2.75, 3.05) is 11.5 Å². The quantitative estimate of drug-likeness (QED) is 0.641. The highest BCUT2D eigenvalue weighted by Crippen LogP contribution is 2.28. The van der Waals surface area contributed by atoms with E-state index in [1.165, 1.54) is 4.31 Å². The summed E-state index contributed by atoms with van der Waals surface area (Å²) < 4.78 is 52.4. The third kappa shape index (κ3) is 3.83. The molecule has 0 N–H and O–H groups in total. The highest BCUT2D eigenvalue weighted by Gasteiger charge is 2.38. The summed E-state index contributed by atoms with van der Waals surface area (Å²) in [5, 5.41) is 1.79. The van der Waals surface area contributed by atoms with Crippen molar-refractivity contribution in [1.82, 2.24) is 4.31 Å². The van der Waals surface area contributed by atoms with Crippen LogP contribution < -0.4 is 0 Å². The van der Waals surface area contributed by atoms with Gasteiger partial charge in [0.15, 0.2) is 9.84 Å². The maximum absolute atomic E-state index is 13.5. The molecule has 3 aromatic carbocycles. The predicted octanol–water partition coefficient (Wildman–Crippen LogP) is 3.22. The molecule has 3 aromatic rings. The van der Waals surface area contributed by atoms with Gasteiger partial charge in [-0.2, -0.15) is 4.31 Å². The number of benzene rings is 3. The number of hydrogen-bond acceptors (Lipinski definition) is 4. The average Bonchev–Trinajstić information content (AvgIpc) is 3.05. The first-order valence-electron chi connectivity index (χ1n) is 9.10. The van der Waals surface area contributed by atoms with Crippen molar-refractivity contribution in [3.05, 3.63) is 78.4 Å². The zero-order valence-electron chi connectivity index (χ0n) is 15.2. The monoisotopic (exact) mass is 415 g/mol. The second-order valence-corrected chi connectivity index (χ2v) is 11.2. The van der Waals surface area contributed by atoms with Crippen molar-refractivity contribution in [2.24, 2.45) is 0 Å². The Morgan fingerprint density at radius 3 is 2.25 bits per heavy atom. The summed E-state index contributed by atoms with van der Waals surface area (Å²) in [4.78, 5) is 0.187. The number of rotatable bonds is 5. The molecule has 4 rings (SSSR count). The van der Waals surface area contributed by atoms with Gasteiger partial charge < -0.3 is 0 Å². The van der Waals surface area contributed by atoms with E-state index in [1.807, 2.05) is 54.6 Å². The van der Waals surface area contributed by atoms with E-state index < -0.39 is 25.9 Å². The second kappa shape index (κ2) is 7.31. The molecule has 0 radical (unpaired) electrons. The molecule has 0 unspecified atom stereocenters. The lowest BCUT2D eigenvalue weighted by Gasteiger charge is -2.27. The van der Waals surface area contributed by atoms with Gasteiger partial charge >= 0.3 is 0 Å². The molecule has 7 heteroatoms. The number of sulfone groups is 1. The van der Waals surface area contributed by atoms with Gasteiger partial charge in [-0.25, -0.2) is 16.8 Å². The van der Waals surface area contributed by atoms with Gasteiger partial charge in [-0.05, 0) is 34.9 Å². The van der Waals surface area contributed by atoms with E-state index in [0.717, 1.165) is 16.3 Å².